The second-order valence-electron chi connectivity index (χ2n) is 8.54. The summed E-state index contributed by atoms with van der Waals surface area (Å²) in [6.07, 6.45) is 5.91. The highest BCUT2D eigenvalue weighted by molar-refractivity contribution is 6.42. The van der Waals surface area contributed by atoms with E-state index in [0.29, 0.717) is 51.2 Å². The number of amides is 1. The Hall–Kier alpha value is -3.57. The third kappa shape index (κ3) is 6.35. The van der Waals surface area contributed by atoms with Gasteiger partial charge < -0.3 is 27.5 Å². The maximum Gasteiger partial charge on any atom is 0.231 e. The standard InChI is InChI=1S/C27H27Cl2N6O/c1-15-11-17(3-4-19(15)14-31)16(2)34-26(33)22-13-20(6-8-25(22)32)35-27(36)21(9-10-30)18-5-7-23(28)24(29)12-18/h3-8,11-13,15,19,21H,2,9-10,30H2,1H3,(H4-,32,33,34,35,36)/q-1. The largest absolute Gasteiger partial charge is 0.464 e. The van der Waals surface area contributed by atoms with Gasteiger partial charge in [0.15, 0.2) is 0 Å². The molecule has 0 aromatic heterocycles. The summed E-state index contributed by atoms with van der Waals surface area (Å²) in [5.74, 6) is -1.25. The van der Waals surface area contributed by atoms with Gasteiger partial charge in [0, 0.05) is 11.4 Å². The van der Waals surface area contributed by atoms with Crippen LogP contribution in [0.2, 0.25) is 10.0 Å². The molecule has 2 aromatic carbocycles. The molecule has 0 heterocycles. The first kappa shape index (κ1) is 27.0. The fourth-order valence-electron chi connectivity index (χ4n) is 3.88. The molecule has 0 bridgehead atoms. The minimum Gasteiger partial charge on any atom is -0.464 e. The third-order valence-corrected chi connectivity index (χ3v) is 6.69. The first-order chi connectivity index (χ1) is 17.1. The molecule has 3 atom stereocenters. The van der Waals surface area contributed by atoms with E-state index >= 15 is 0 Å². The molecule has 0 radical (unpaired) electrons. The molecule has 0 aliphatic heterocycles. The van der Waals surface area contributed by atoms with Gasteiger partial charge >= 0.3 is 0 Å². The second-order valence-corrected chi connectivity index (χ2v) is 9.36. The number of allylic oxidation sites excluding steroid dienone is 3. The van der Waals surface area contributed by atoms with Gasteiger partial charge in [-0.1, -0.05) is 66.8 Å². The summed E-state index contributed by atoms with van der Waals surface area (Å²) in [5.41, 5.74) is 14.8. The van der Waals surface area contributed by atoms with Crippen LogP contribution in [0.25, 0.3) is 5.41 Å². The molecule has 9 heteroatoms. The first-order valence-electron chi connectivity index (χ1n) is 11.3. The number of hydrogen-bond donors (Lipinski definition) is 4. The molecule has 0 fully saturated rings. The number of nitrogens with two attached hydrogens (primary N) is 2. The Kier molecular flexibility index (Phi) is 8.94. The Morgan fingerprint density at radius 1 is 1.25 bits per heavy atom. The lowest BCUT2D eigenvalue weighted by Crippen LogP contribution is -2.26. The van der Waals surface area contributed by atoms with Gasteiger partial charge in [-0.05, 0) is 71.6 Å². The lowest BCUT2D eigenvalue weighted by molar-refractivity contribution is -0.117. The maximum atomic E-state index is 13.1. The van der Waals surface area contributed by atoms with Crippen LogP contribution in [0.1, 0.15) is 30.4 Å². The average molecular weight is 522 g/mol. The maximum absolute atomic E-state index is 13.1. The zero-order chi connectivity index (χ0) is 26.4. The molecule has 0 spiro atoms. The van der Waals surface area contributed by atoms with Crippen LogP contribution >= 0.6 is 23.2 Å². The van der Waals surface area contributed by atoms with E-state index in [4.69, 9.17) is 34.7 Å². The number of carbonyl (C=O) groups is 1. The van der Waals surface area contributed by atoms with E-state index in [-0.39, 0.29) is 23.6 Å². The summed E-state index contributed by atoms with van der Waals surface area (Å²) in [6, 6.07) is 12.1. The Labute approximate surface area is 221 Å². The summed E-state index contributed by atoms with van der Waals surface area (Å²) in [4.78, 5) is 13.1. The van der Waals surface area contributed by atoms with Gasteiger partial charge in [-0.2, -0.15) is 5.26 Å². The van der Waals surface area contributed by atoms with E-state index in [0.717, 1.165) is 5.57 Å². The Bertz CT molecular complexity index is 1290. The van der Waals surface area contributed by atoms with Crippen LogP contribution in [0.4, 0.5) is 11.4 Å². The lowest BCUT2D eigenvalue weighted by atomic mass is 9.87. The van der Waals surface area contributed by atoms with Crippen LogP contribution in [0, 0.1) is 23.2 Å². The van der Waals surface area contributed by atoms with Crippen molar-refractivity contribution in [3.05, 3.63) is 99.1 Å². The monoisotopic (exact) mass is 521 g/mol. The number of rotatable bonds is 8. The van der Waals surface area contributed by atoms with Gasteiger partial charge in [0.1, 0.15) is 0 Å². The molecular formula is C27H27Cl2N6O-. The van der Waals surface area contributed by atoms with Gasteiger partial charge in [0.2, 0.25) is 5.91 Å². The van der Waals surface area contributed by atoms with Crippen LogP contribution in [-0.4, -0.2) is 18.3 Å². The Morgan fingerprint density at radius 2 is 2.00 bits per heavy atom. The van der Waals surface area contributed by atoms with Crippen molar-refractivity contribution in [1.82, 2.24) is 5.32 Å². The number of hydrogen-bond acceptors (Lipinski definition) is 4. The summed E-state index contributed by atoms with van der Waals surface area (Å²) < 4.78 is 0. The van der Waals surface area contributed by atoms with Crippen molar-refractivity contribution in [3.63, 3.8) is 0 Å². The molecule has 1 aliphatic carbocycles. The van der Waals surface area contributed by atoms with E-state index in [9.17, 15) is 15.5 Å². The quantitative estimate of drug-likeness (QED) is 0.211. The number of carbonyl (C=O) groups excluding carboxylic acids is 1. The number of nitriles is 1. The molecule has 36 heavy (non-hydrogen) atoms. The number of nitrogen functional groups attached to an aromatic ring is 1. The predicted molar refractivity (Wildman–Crippen MR) is 148 cm³/mol. The molecule has 6 N–H and O–H groups in total. The van der Waals surface area contributed by atoms with Crippen LogP contribution in [0.3, 0.4) is 0 Å². The molecule has 1 amide bonds. The Balaban J connectivity index is 1.76. The summed E-state index contributed by atoms with van der Waals surface area (Å²) in [6.45, 7) is 6.22. The third-order valence-electron chi connectivity index (χ3n) is 5.95. The molecule has 186 valence electrons. The van der Waals surface area contributed by atoms with Crippen LogP contribution in [0.15, 0.2) is 72.5 Å². The van der Waals surface area contributed by atoms with Crippen LogP contribution < -0.4 is 22.1 Å². The minimum absolute atomic E-state index is 0.0105. The number of amidine groups is 1. The van der Waals surface area contributed by atoms with Crippen molar-refractivity contribution in [2.24, 2.45) is 17.6 Å². The number of halogens is 2. The predicted octanol–water partition coefficient (Wildman–Crippen LogP) is 5.34. The zero-order valence-corrected chi connectivity index (χ0v) is 21.3. The van der Waals surface area contributed by atoms with Crippen molar-refractivity contribution in [2.45, 2.75) is 19.3 Å². The van der Waals surface area contributed by atoms with E-state index in [1.54, 1.807) is 48.6 Å². The van der Waals surface area contributed by atoms with Gasteiger partial charge in [-0.25, -0.2) is 0 Å². The average Bonchev–Trinajstić information content (AvgIpc) is 2.85. The fourth-order valence-corrected chi connectivity index (χ4v) is 4.19. The van der Waals surface area contributed by atoms with Crippen molar-refractivity contribution in [3.8, 4) is 6.07 Å². The lowest BCUT2D eigenvalue weighted by Gasteiger charge is -2.25. The van der Waals surface area contributed by atoms with Crippen LogP contribution in [-0.2, 0) is 4.79 Å². The summed E-state index contributed by atoms with van der Waals surface area (Å²) >= 11 is 12.2. The smallest absolute Gasteiger partial charge is 0.231 e. The topological polar surface area (TPSA) is 139 Å². The summed E-state index contributed by atoms with van der Waals surface area (Å²) in [7, 11) is 0. The molecule has 3 unspecified atom stereocenters. The van der Waals surface area contributed by atoms with Gasteiger partial charge in [0.25, 0.3) is 0 Å². The number of nitrogens with zero attached hydrogens (tertiary/aromatic N) is 2. The normalized spacial score (nSPS) is 17.5. The molecule has 1 aliphatic rings. The van der Waals surface area contributed by atoms with Crippen molar-refractivity contribution in [1.29, 1.82) is 5.26 Å². The van der Waals surface area contributed by atoms with Crippen molar-refractivity contribution >= 4 is 46.3 Å². The fraction of sp³-hybridized carbons (Fsp3) is 0.222. The number of anilines is 2. The highest BCUT2D eigenvalue weighted by Gasteiger charge is 2.21. The molecule has 7 nitrogen and oxygen atoms in total. The van der Waals surface area contributed by atoms with Crippen molar-refractivity contribution < 1.29 is 4.79 Å². The highest BCUT2D eigenvalue weighted by atomic mass is 35.5. The molecular weight excluding hydrogens is 495 g/mol. The number of benzene rings is 2. The van der Waals surface area contributed by atoms with Gasteiger partial charge in [-0.3, -0.25) is 4.79 Å². The van der Waals surface area contributed by atoms with E-state index in [2.05, 4.69) is 23.3 Å². The first-order valence-corrected chi connectivity index (χ1v) is 12.1. The van der Waals surface area contributed by atoms with Crippen LogP contribution in [0.5, 0.6) is 0 Å². The SMILES string of the molecule is C=C(NC(=[N-])c1cc(NC(=O)C(CCN)c2ccc(Cl)c(Cl)c2)ccc1N)C1=CC(C)C(C#N)C=C1. The van der Waals surface area contributed by atoms with E-state index in [1.165, 1.54) is 0 Å². The highest BCUT2D eigenvalue weighted by Crippen LogP contribution is 2.30. The molecule has 3 rings (SSSR count). The van der Waals surface area contributed by atoms with Gasteiger partial charge in [-0.15, -0.1) is 0 Å². The second kappa shape index (κ2) is 11.9. The summed E-state index contributed by atoms with van der Waals surface area (Å²) in [5, 5.41) is 26.4. The molecule has 2 aromatic rings. The van der Waals surface area contributed by atoms with Crippen molar-refractivity contribution in [2.75, 3.05) is 17.6 Å². The van der Waals surface area contributed by atoms with E-state index in [1.807, 2.05) is 13.0 Å². The minimum atomic E-state index is -0.550. The van der Waals surface area contributed by atoms with E-state index < -0.39 is 5.92 Å². The number of nitrogens with one attached hydrogen (secondary N) is 2. The zero-order valence-electron chi connectivity index (χ0n) is 19.8. The van der Waals surface area contributed by atoms with Gasteiger partial charge in [0.05, 0.1) is 28.0 Å². The molecule has 0 saturated carbocycles. The Morgan fingerprint density at radius 3 is 2.64 bits per heavy atom. The molecule has 0 saturated heterocycles.